The summed E-state index contributed by atoms with van der Waals surface area (Å²) in [6.45, 7) is 0.262. The Kier molecular flexibility index (Phi) is 4.81. The molecule has 2 N–H and O–H groups in total. The van der Waals surface area contributed by atoms with Crippen molar-refractivity contribution in [3.63, 3.8) is 0 Å². The lowest BCUT2D eigenvalue weighted by Crippen LogP contribution is -2.17. The maximum atomic E-state index is 13.3. The van der Waals surface area contributed by atoms with Crippen molar-refractivity contribution >= 4 is 17.3 Å². The fourth-order valence-corrected chi connectivity index (χ4v) is 1.72. The monoisotopic (exact) mass is 294 g/mol. The van der Waals surface area contributed by atoms with E-state index in [1.54, 1.807) is 12.1 Å². The molecule has 0 fully saturated rings. The second kappa shape index (κ2) is 6.78. The minimum Gasteiger partial charge on any atom is -0.384 e. The van der Waals surface area contributed by atoms with Gasteiger partial charge in [0.1, 0.15) is 17.5 Å². The number of hydrogen-bond acceptors (Lipinski definition) is 2. The molecule has 0 radical (unpaired) electrons. The Labute approximate surface area is 119 Å². The number of amides is 1. The molecule has 0 atom stereocenters. The topological polar surface area (TPSA) is 41.1 Å². The van der Waals surface area contributed by atoms with Crippen molar-refractivity contribution in [2.75, 3.05) is 17.2 Å². The van der Waals surface area contributed by atoms with Crippen LogP contribution >= 0.6 is 0 Å². The van der Waals surface area contributed by atoms with Crippen molar-refractivity contribution < 1.29 is 18.0 Å². The predicted octanol–water partition coefficient (Wildman–Crippen LogP) is 3.54. The number of rotatable bonds is 5. The van der Waals surface area contributed by atoms with Crippen molar-refractivity contribution in [2.45, 2.75) is 6.42 Å². The van der Waals surface area contributed by atoms with Gasteiger partial charge in [-0.2, -0.15) is 0 Å². The summed E-state index contributed by atoms with van der Waals surface area (Å²) in [4.78, 5) is 11.6. The summed E-state index contributed by atoms with van der Waals surface area (Å²) in [6, 6.07) is 8.74. The molecule has 21 heavy (non-hydrogen) atoms. The van der Waals surface area contributed by atoms with Gasteiger partial charge in [0, 0.05) is 24.7 Å². The number of hydrogen-bond donors (Lipinski definition) is 2. The molecular weight excluding hydrogens is 281 g/mol. The Morgan fingerprint density at radius 3 is 2.48 bits per heavy atom. The van der Waals surface area contributed by atoms with Crippen molar-refractivity contribution in [2.24, 2.45) is 0 Å². The van der Waals surface area contributed by atoms with E-state index in [0.29, 0.717) is 11.8 Å². The van der Waals surface area contributed by atoms with Gasteiger partial charge < -0.3 is 10.6 Å². The minimum absolute atomic E-state index is 0.0628. The summed E-state index contributed by atoms with van der Waals surface area (Å²) in [6.07, 6.45) is 0.0628. The highest BCUT2D eigenvalue weighted by Gasteiger charge is 2.07. The van der Waals surface area contributed by atoms with Gasteiger partial charge in [0.25, 0.3) is 0 Å². The first kappa shape index (κ1) is 14.9. The smallest absolute Gasteiger partial charge is 0.226 e. The Balaban J connectivity index is 1.82. The Bertz CT molecular complexity index is 647. The molecule has 0 saturated carbocycles. The summed E-state index contributed by atoms with van der Waals surface area (Å²) < 4.78 is 39.0. The number of nitrogens with one attached hydrogen (secondary N) is 2. The average molecular weight is 294 g/mol. The SMILES string of the molecule is O=C(CCNc1cccc(F)c1)Nc1ccc(F)cc1F. The van der Waals surface area contributed by atoms with Gasteiger partial charge in [-0.3, -0.25) is 4.79 Å². The predicted molar refractivity (Wildman–Crippen MR) is 74.5 cm³/mol. The zero-order valence-electron chi connectivity index (χ0n) is 11.0. The highest BCUT2D eigenvalue weighted by Crippen LogP contribution is 2.15. The summed E-state index contributed by atoms with van der Waals surface area (Å²) in [5.74, 6) is -2.35. The van der Waals surface area contributed by atoms with E-state index >= 15 is 0 Å². The molecule has 0 bridgehead atoms. The van der Waals surface area contributed by atoms with E-state index < -0.39 is 17.5 Å². The third-order valence-corrected chi connectivity index (χ3v) is 2.71. The normalized spacial score (nSPS) is 10.2. The largest absolute Gasteiger partial charge is 0.384 e. The maximum Gasteiger partial charge on any atom is 0.226 e. The van der Waals surface area contributed by atoms with Crippen molar-refractivity contribution in [1.82, 2.24) is 0 Å². The standard InChI is InChI=1S/C15H13F3N2O/c16-10-2-1-3-12(8-10)19-7-6-15(21)20-14-5-4-11(17)9-13(14)18/h1-5,8-9,19H,6-7H2,(H,20,21). The molecule has 110 valence electrons. The third-order valence-electron chi connectivity index (χ3n) is 2.71. The van der Waals surface area contributed by atoms with Gasteiger partial charge >= 0.3 is 0 Å². The van der Waals surface area contributed by atoms with Gasteiger partial charge in [0.15, 0.2) is 0 Å². The van der Waals surface area contributed by atoms with Crippen LogP contribution in [0.15, 0.2) is 42.5 Å². The second-order valence-corrected chi connectivity index (χ2v) is 4.36. The summed E-state index contributed by atoms with van der Waals surface area (Å²) >= 11 is 0. The molecule has 2 rings (SSSR count). The van der Waals surface area contributed by atoms with E-state index in [9.17, 15) is 18.0 Å². The van der Waals surface area contributed by atoms with Gasteiger partial charge in [0.2, 0.25) is 5.91 Å². The van der Waals surface area contributed by atoms with Crippen LogP contribution in [0, 0.1) is 17.5 Å². The van der Waals surface area contributed by atoms with Gasteiger partial charge in [-0.1, -0.05) is 6.07 Å². The van der Waals surface area contributed by atoms with E-state index in [1.807, 2.05) is 0 Å². The second-order valence-electron chi connectivity index (χ2n) is 4.36. The number of carbonyl (C=O) groups is 1. The lowest BCUT2D eigenvalue weighted by atomic mass is 10.2. The highest BCUT2D eigenvalue weighted by molar-refractivity contribution is 5.91. The van der Waals surface area contributed by atoms with Crippen molar-refractivity contribution in [1.29, 1.82) is 0 Å². The van der Waals surface area contributed by atoms with E-state index in [4.69, 9.17) is 0 Å². The van der Waals surface area contributed by atoms with Gasteiger partial charge in [-0.05, 0) is 30.3 Å². The van der Waals surface area contributed by atoms with Crippen LogP contribution in [0.4, 0.5) is 24.5 Å². The van der Waals surface area contributed by atoms with E-state index in [-0.39, 0.29) is 24.5 Å². The molecule has 1 amide bonds. The van der Waals surface area contributed by atoms with Gasteiger partial charge in [-0.25, -0.2) is 13.2 Å². The van der Waals surface area contributed by atoms with Crippen LogP contribution < -0.4 is 10.6 Å². The van der Waals surface area contributed by atoms with E-state index in [2.05, 4.69) is 10.6 Å². The number of benzene rings is 2. The Morgan fingerprint density at radius 1 is 1.00 bits per heavy atom. The van der Waals surface area contributed by atoms with Crippen LogP contribution in [0.25, 0.3) is 0 Å². The molecule has 0 spiro atoms. The lowest BCUT2D eigenvalue weighted by Gasteiger charge is -2.08. The molecule has 2 aromatic rings. The van der Waals surface area contributed by atoms with E-state index in [1.165, 1.54) is 12.1 Å². The summed E-state index contributed by atoms with van der Waals surface area (Å²) in [5, 5.41) is 5.21. The molecule has 0 heterocycles. The molecule has 0 aliphatic rings. The molecule has 0 saturated heterocycles. The van der Waals surface area contributed by atoms with Crippen LogP contribution in [0.2, 0.25) is 0 Å². The third kappa shape index (κ3) is 4.52. The van der Waals surface area contributed by atoms with Gasteiger partial charge in [0.05, 0.1) is 5.69 Å². The fourth-order valence-electron chi connectivity index (χ4n) is 1.72. The van der Waals surface area contributed by atoms with Crippen LogP contribution in [-0.4, -0.2) is 12.5 Å². The minimum atomic E-state index is -0.832. The average Bonchev–Trinajstić information content (AvgIpc) is 2.42. The lowest BCUT2D eigenvalue weighted by molar-refractivity contribution is -0.116. The molecule has 2 aromatic carbocycles. The van der Waals surface area contributed by atoms with Crippen molar-refractivity contribution in [3.05, 3.63) is 59.9 Å². The Hall–Kier alpha value is -2.50. The molecular formula is C15H13F3N2O. The molecule has 0 aromatic heterocycles. The number of anilines is 2. The molecule has 3 nitrogen and oxygen atoms in total. The first-order valence-electron chi connectivity index (χ1n) is 6.29. The number of halogens is 3. The Morgan fingerprint density at radius 2 is 1.76 bits per heavy atom. The summed E-state index contributed by atoms with van der Waals surface area (Å²) in [5.41, 5.74) is 0.475. The molecule has 6 heteroatoms. The zero-order chi connectivity index (χ0) is 15.2. The maximum absolute atomic E-state index is 13.3. The zero-order valence-corrected chi connectivity index (χ0v) is 11.0. The van der Waals surface area contributed by atoms with Crippen LogP contribution in [0.1, 0.15) is 6.42 Å². The molecule has 0 aliphatic heterocycles. The first-order valence-corrected chi connectivity index (χ1v) is 6.29. The first-order chi connectivity index (χ1) is 10.0. The summed E-state index contributed by atoms with van der Waals surface area (Å²) in [7, 11) is 0. The molecule has 0 aliphatic carbocycles. The van der Waals surface area contributed by atoms with Gasteiger partial charge in [-0.15, -0.1) is 0 Å². The number of carbonyl (C=O) groups excluding carboxylic acids is 1. The van der Waals surface area contributed by atoms with Crippen LogP contribution in [0.5, 0.6) is 0 Å². The molecule has 0 unspecified atom stereocenters. The fraction of sp³-hybridized carbons (Fsp3) is 0.133. The van der Waals surface area contributed by atoms with Crippen LogP contribution in [0.3, 0.4) is 0 Å². The van der Waals surface area contributed by atoms with Crippen molar-refractivity contribution in [3.8, 4) is 0 Å². The quantitative estimate of drug-likeness (QED) is 0.885. The van der Waals surface area contributed by atoms with E-state index in [0.717, 1.165) is 12.1 Å². The van der Waals surface area contributed by atoms with Crippen LogP contribution in [-0.2, 0) is 4.79 Å². The highest BCUT2D eigenvalue weighted by atomic mass is 19.1.